The maximum Gasteiger partial charge on any atom is 0.123 e. The van der Waals surface area contributed by atoms with Crippen molar-refractivity contribution in [3.63, 3.8) is 0 Å². The van der Waals surface area contributed by atoms with E-state index in [0.29, 0.717) is 11.9 Å². The summed E-state index contributed by atoms with van der Waals surface area (Å²) in [6, 6.07) is 4.25. The molecule has 1 aromatic rings. The van der Waals surface area contributed by atoms with Gasteiger partial charge in [-0.05, 0) is 19.1 Å². The molecule has 0 spiro atoms. The van der Waals surface area contributed by atoms with E-state index in [-0.39, 0.29) is 12.4 Å². The quantitative estimate of drug-likeness (QED) is 0.676. The second-order valence-electron chi connectivity index (χ2n) is 3.92. The normalized spacial score (nSPS) is 11.6. The van der Waals surface area contributed by atoms with Crippen LogP contribution < -0.4 is 27.6 Å². The molecular weight excluding hydrogens is 261 g/mol. The minimum atomic E-state index is 0. The Morgan fingerprint density at radius 1 is 1.18 bits per heavy atom. The zero-order chi connectivity index (χ0) is 12.1. The van der Waals surface area contributed by atoms with Crippen LogP contribution in [0, 0.1) is 0 Å². The minimum Gasteiger partial charge on any atom is -1.00 e. The van der Waals surface area contributed by atoms with Crippen LogP contribution in [-0.4, -0.2) is 20.3 Å². The molecule has 0 amide bonds. The van der Waals surface area contributed by atoms with Crippen LogP contribution in [0.25, 0.3) is 0 Å². The molecule has 98 valence electrons. The highest BCUT2D eigenvalue weighted by Crippen LogP contribution is 2.30. The molecule has 0 bridgehead atoms. The first-order valence-corrected chi connectivity index (χ1v) is 5.78. The highest BCUT2D eigenvalue weighted by molar-refractivity contribution is 6.17. The molecule has 0 aliphatic rings. The topological polar surface area (TPSA) is 46.1 Å². The maximum atomic E-state index is 5.85. The molecule has 5 heteroatoms. The molecule has 0 aliphatic heterocycles. The summed E-state index contributed by atoms with van der Waals surface area (Å²) in [5.74, 6) is 2.08. The lowest BCUT2D eigenvalue weighted by molar-refractivity contribution is -0.413. The van der Waals surface area contributed by atoms with Gasteiger partial charge in [-0.15, -0.1) is 11.6 Å². The van der Waals surface area contributed by atoms with E-state index in [1.807, 2.05) is 12.1 Å². The van der Waals surface area contributed by atoms with Gasteiger partial charge in [0, 0.05) is 17.5 Å². The van der Waals surface area contributed by atoms with Crippen molar-refractivity contribution in [2.45, 2.75) is 25.3 Å². The molecule has 1 rings (SSSR count). The second-order valence-corrected chi connectivity index (χ2v) is 4.19. The standard InChI is InChI=1S/C12H18ClNO2.ClH/c1-8(14)4-9-5-12(16-3)10(7-13)6-11(9)15-2;/h5-6,8H,4,7,14H2,1-3H3;1H. The molecule has 1 unspecified atom stereocenters. The minimum absolute atomic E-state index is 0. The average Bonchev–Trinajstić information content (AvgIpc) is 2.27. The van der Waals surface area contributed by atoms with Gasteiger partial charge in [0.15, 0.2) is 0 Å². The third kappa shape index (κ3) is 4.26. The van der Waals surface area contributed by atoms with Gasteiger partial charge in [0.05, 0.1) is 26.1 Å². The van der Waals surface area contributed by atoms with Crippen molar-refractivity contribution < 1.29 is 27.6 Å². The summed E-state index contributed by atoms with van der Waals surface area (Å²) in [4.78, 5) is 0. The molecule has 0 aliphatic carbocycles. The zero-order valence-electron chi connectivity index (χ0n) is 10.4. The number of rotatable bonds is 5. The predicted molar refractivity (Wildman–Crippen MR) is 65.2 cm³/mol. The molecule has 0 saturated heterocycles. The number of hydrogen-bond donors (Lipinski definition) is 1. The summed E-state index contributed by atoms with van der Waals surface area (Å²) >= 11 is 5.85. The third-order valence-corrected chi connectivity index (χ3v) is 2.68. The first-order valence-electron chi connectivity index (χ1n) is 5.25. The molecule has 0 heterocycles. The van der Waals surface area contributed by atoms with Gasteiger partial charge in [0.1, 0.15) is 11.5 Å². The van der Waals surface area contributed by atoms with E-state index in [0.717, 1.165) is 29.0 Å². The second kappa shape index (κ2) is 7.64. The molecule has 17 heavy (non-hydrogen) atoms. The van der Waals surface area contributed by atoms with Gasteiger partial charge in [-0.2, -0.15) is 0 Å². The number of alkyl halides is 1. The maximum absolute atomic E-state index is 5.85. The van der Waals surface area contributed by atoms with Crippen LogP contribution in [0.4, 0.5) is 0 Å². The Hall–Kier alpha value is -0.640. The van der Waals surface area contributed by atoms with Crippen molar-refractivity contribution in [1.29, 1.82) is 0 Å². The number of quaternary nitrogens is 1. The van der Waals surface area contributed by atoms with Crippen LogP contribution >= 0.6 is 11.6 Å². The van der Waals surface area contributed by atoms with E-state index in [4.69, 9.17) is 21.1 Å². The summed E-state index contributed by atoms with van der Waals surface area (Å²) in [5, 5.41) is 0. The van der Waals surface area contributed by atoms with Crippen LogP contribution in [0.2, 0.25) is 0 Å². The number of ether oxygens (including phenoxy) is 2. The lowest BCUT2D eigenvalue weighted by atomic mass is 10.0. The predicted octanol–water partition coefficient (Wildman–Crippen LogP) is -1.38. The third-order valence-electron chi connectivity index (χ3n) is 2.40. The van der Waals surface area contributed by atoms with Crippen molar-refractivity contribution in [2.24, 2.45) is 0 Å². The van der Waals surface area contributed by atoms with Gasteiger partial charge in [-0.1, -0.05) is 0 Å². The van der Waals surface area contributed by atoms with E-state index < -0.39 is 0 Å². The lowest BCUT2D eigenvalue weighted by Gasteiger charge is -2.14. The number of hydrogen-bond acceptors (Lipinski definition) is 2. The smallest absolute Gasteiger partial charge is 0.123 e. The van der Waals surface area contributed by atoms with Crippen LogP contribution in [-0.2, 0) is 12.3 Å². The Balaban J connectivity index is 0.00000256. The van der Waals surface area contributed by atoms with Gasteiger partial charge < -0.3 is 27.6 Å². The summed E-state index contributed by atoms with van der Waals surface area (Å²) in [6.45, 7) is 2.07. The van der Waals surface area contributed by atoms with E-state index >= 15 is 0 Å². The number of methoxy groups -OCH3 is 2. The lowest BCUT2D eigenvalue weighted by Crippen LogP contribution is -3.00. The molecule has 3 N–H and O–H groups in total. The fourth-order valence-electron chi connectivity index (χ4n) is 1.66. The molecule has 0 radical (unpaired) electrons. The van der Waals surface area contributed by atoms with Crippen LogP contribution in [0.15, 0.2) is 12.1 Å². The summed E-state index contributed by atoms with van der Waals surface area (Å²) in [6.07, 6.45) is 0.863. The zero-order valence-corrected chi connectivity index (χ0v) is 11.9. The van der Waals surface area contributed by atoms with Crippen molar-refractivity contribution in [3.05, 3.63) is 23.3 Å². The number of benzene rings is 1. The summed E-state index contributed by atoms with van der Waals surface area (Å²) < 4.78 is 10.6. The fraction of sp³-hybridized carbons (Fsp3) is 0.500. The molecule has 0 fully saturated rings. The Labute approximate surface area is 114 Å². The van der Waals surface area contributed by atoms with Gasteiger partial charge in [0.25, 0.3) is 0 Å². The largest absolute Gasteiger partial charge is 1.00 e. The molecule has 0 saturated carbocycles. The van der Waals surface area contributed by atoms with Gasteiger partial charge in [-0.25, -0.2) is 0 Å². The van der Waals surface area contributed by atoms with Crippen LogP contribution in [0.3, 0.4) is 0 Å². The van der Waals surface area contributed by atoms with Gasteiger partial charge in [0.2, 0.25) is 0 Å². The Morgan fingerprint density at radius 2 is 1.65 bits per heavy atom. The molecule has 0 aromatic heterocycles. The van der Waals surface area contributed by atoms with Crippen LogP contribution in [0.5, 0.6) is 11.5 Å². The Morgan fingerprint density at radius 3 is 2.06 bits per heavy atom. The first-order chi connectivity index (χ1) is 7.62. The summed E-state index contributed by atoms with van der Waals surface area (Å²) in [5.41, 5.74) is 6.04. The average molecular weight is 280 g/mol. The molecule has 1 atom stereocenters. The van der Waals surface area contributed by atoms with E-state index in [1.54, 1.807) is 14.2 Å². The van der Waals surface area contributed by atoms with Crippen molar-refractivity contribution in [1.82, 2.24) is 0 Å². The highest BCUT2D eigenvalue weighted by atomic mass is 35.5. The highest BCUT2D eigenvalue weighted by Gasteiger charge is 2.12. The van der Waals surface area contributed by atoms with Crippen molar-refractivity contribution in [2.75, 3.05) is 14.2 Å². The van der Waals surface area contributed by atoms with Crippen molar-refractivity contribution >= 4 is 11.6 Å². The monoisotopic (exact) mass is 279 g/mol. The van der Waals surface area contributed by atoms with E-state index in [1.165, 1.54) is 0 Å². The van der Waals surface area contributed by atoms with Gasteiger partial charge in [-0.3, -0.25) is 0 Å². The summed E-state index contributed by atoms with van der Waals surface area (Å²) in [7, 11) is 3.31. The molecular formula is C12H19Cl2NO2. The van der Waals surface area contributed by atoms with E-state index in [9.17, 15) is 0 Å². The molecule has 1 aromatic carbocycles. The number of halogens is 2. The van der Waals surface area contributed by atoms with E-state index in [2.05, 4.69) is 12.7 Å². The first kappa shape index (κ1) is 16.4. The van der Waals surface area contributed by atoms with Gasteiger partial charge >= 0.3 is 0 Å². The fourth-order valence-corrected chi connectivity index (χ4v) is 1.87. The van der Waals surface area contributed by atoms with Crippen molar-refractivity contribution in [3.8, 4) is 11.5 Å². The SMILES string of the molecule is COc1cc(CC(C)[NH3+])c(OC)cc1CCl.[Cl-]. The van der Waals surface area contributed by atoms with Crippen LogP contribution in [0.1, 0.15) is 18.1 Å². The molecule has 3 nitrogen and oxygen atoms in total. The Bertz CT molecular complexity index is 357. The Kier molecular flexibility index (Phi) is 7.35.